The first-order chi connectivity index (χ1) is 5.74. The van der Waals surface area contributed by atoms with Crippen molar-refractivity contribution < 1.29 is 9.53 Å². The average Bonchev–Trinajstić information content (AvgIpc) is 2.48. The van der Waals surface area contributed by atoms with Gasteiger partial charge in [-0.1, -0.05) is 6.08 Å². The molecule has 0 aromatic carbocycles. The standard InChI is InChI=1S/C10H16O2/c1-3-6-12-10-5-4-9(7-10)8(2)11/h3,9-10H,1,4-7H2,2H3. The molecule has 68 valence electrons. The summed E-state index contributed by atoms with van der Waals surface area (Å²) >= 11 is 0. The first kappa shape index (κ1) is 9.46. The predicted octanol–water partition coefficient (Wildman–Crippen LogP) is 1.95. The monoisotopic (exact) mass is 168 g/mol. The Kier molecular flexibility index (Phi) is 3.48. The predicted molar refractivity (Wildman–Crippen MR) is 48.0 cm³/mol. The number of carbonyl (C=O) groups excluding carboxylic acids is 1. The van der Waals surface area contributed by atoms with Crippen molar-refractivity contribution in [1.82, 2.24) is 0 Å². The summed E-state index contributed by atoms with van der Waals surface area (Å²) in [6, 6.07) is 0. The van der Waals surface area contributed by atoms with Crippen molar-refractivity contribution >= 4 is 5.78 Å². The minimum atomic E-state index is 0.250. The van der Waals surface area contributed by atoms with Crippen molar-refractivity contribution in [3.05, 3.63) is 12.7 Å². The molecule has 0 saturated heterocycles. The van der Waals surface area contributed by atoms with Gasteiger partial charge in [-0.25, -0.2) is 0 Å². The summed E-state index contributed by atoms with van der Waals surface area (Å²) in [4.78, 5) is 11.0. The topological polar surface area (TPSA) is 26.3 Å². The molecule has 1 aliphatic carbocycles. The van der Waals surface area contributed by atoms with Crippen LogP contribution >= 0.6 is 0 Å². The van der Waals surface area contributed by atoms with Crippen LogP contribution < -0.4 is 0 Å². The number of ketones is 1. The van der Waals surface area contributed by atoms with Crippen LogP contribution in [0.2, 0.25) is 0 Å². The van der Waals surface area contributed by atoms with Gasteiger partial charge in [0.25, 0.3) is 0 Å². The van der Waals surface area contributed by atoms with E-state index >= 15 is 0 Å². The number of rotatable bonds is 4. The molecule has 1 aliphatic rings. The number of ether oxygens (including phenoxy) is 1. The van der Waals surface area contributed by atoms with Crippen LogP contribution in [0.5, 0.6) is 0 Å². The number of hydrogen-bond donors (Lipinski definition) is 0. The third-order valence-corrected chi connectivity index (χ3v) is 2.41. The molecular formula is C10H16O2. The van der Waals surface area contributed by atoms with Crippen molar-refractivity contribution in [3.8, 4) is 0 Å². The van der Waals surface area contributed by atoms with Gasteiger partial charge in [-0.3, -0.25) is 4.79 Å². The minimum Gasteiger partial charge on any atom is -0.374 e. The molecule has 0 aromatic heterocycles. The van der Waals surface area contributed by atoms with Crippen LogP contribution in [0, 0.1) is 5.92 Å². The van der Waals surface area contributed by atoms with E-state index in [1.165, 1.54) is 0 Å². The normalized spacial score (nSPS) is 28.8. The van der Waals surface area contributed by atoms with Crippen LogP contribution in [0.25, 0.3) is 0 Å². The molecule has 2 unspecified atom stereocenters. The van der Waals surface area contributed by atoms with Crippen LogP contribution in [-0.2, 0) is 9.53 Å². The molecule has 1 rings (SSSR count). The van der Waals surface area contributed by atoms with Crippen molar-refractivity contribution in [2.45, 2.75) is 32.3 Å². The van der Waals surface area contributed by atoms with Crippen molar-refractivity contribution in [1.29, 1.82) is 0 Å². The van der Waals surface area contributed by atoms with Gasteiger partial charge in [0.1, 0.15) is 5.78 Å². The van der Waals surface area contributed by atoms with Gasteiger partial charge in [0, 0.05) is 5.92 Å². The van der Waals surface area contributed by atoms with Crippen LogP contribution in [-0.4, -0.2) is 18.5 Å². The van der Waals surface area contributed by atoms with Gasteiger partial charge >= 0.3 is 0 Å². The summed E-state index contributed by atoms with van der Waals surface area (Å²) in [7, 11) is 0. The highest BCUT2D eigenvalue weighted by atomic mass is 16.5. The van der Waals surface area contributed by atoms with E-state index in [1.54, 1.807) is 13.0 Å². The summed E-state index contributed by atoms with van der Waals surface area (Å²) in [6.07, 6.45) is 4.97. The van der Waals surface area contributed by atoms with Crippen LogP contribution in [0.3, 0.4) is 0 Å². The quantitative estimate of drug-likeness (QED) is 0.600. The maximum atomic E-state index is 11.0. The van der Waals surface area contributed by atoms with E-state index in [9.17, 15) is 4.79 Å². The molecule has 0 N–H and O–H groups in total. The highest BCUT2D eigenvalue weighted by Crippen LogP contribution is 2.28. The maximum Gasteiger partial charge on any atom is 0.133 e. The Balaban J connectivity index is 2.25. The van der Waals surface area contributed by atoms with Crippen LogP contribution in [0.1, 0.15) is 26.2 Å². The lowest BCUT2D eigenvalue weighted by Gasteiger charge is -2.09. The Hall–Kier alpha value is -0.630. The second-order valence-corrected chi connectivity index (χ2v) is 3.36. The molecule has 0 spiro atoms. The first-order valence-corrected chi connectivity index (χ1v) is 4.47. The highest BCUT2D eigenvalue weighted by Gasteiger charge is 2.27. The van der Waals surface area contributed by atoms with Gasteiger partial charge < -0.3 is 4.74 Å². The summed E-state index contributed by atoms with van der Waals surface area (Å²) in [5, 5.41) is 0. The third kappa shape index (κ3) is 2.45. The molecule has 0 amide bonds. The van der Waals surface area contributed by atoms with E-state index < -0.39 is 0 Å². The smallest absolute Gasteiger partial charge is 0.133 e. The molecule has 0 heterocycles. The third-order valence-electron chi connectivity index (χ3n) is 2.41. The second kappa shape index (κ2) is 4.41. The Morgan fingerprint density at radius 1 is 1.67 bits per heavy atom. The molecule has 12 heavy (non-hydrogen) atoms. The SMILES string of the molecule is C=CCOC1CCC(C(C)=O)C1. The van der Waals surface area contributed by atoms with E-state index in [1.807, 2.05) is 0 Å². The van der Waals surface area contributed by atoms with Gasteiger partial charge in [0.05, 0.1) is 12.7 Å². The van der Waals surface area contributed by atoms with Gasteiger partial charge in [-0.2, -0.15) is 0 Å². The minimum absolute atomic E-state index is 0.250. The largest absolute Gasteiger partial charge is 0.374 e. The van der Waals surface area contributed by atoms with Gasteiger partial charge in [0.2, 0.25) is 0 Å². The van der Waals surface area contributed by atoms with E-state index in [4.69, 9.17) is 4.74 Å². The molecule has 2 heteroatoms. The zero-order valence-electron chi connectivity index (χ0n) is 7.58. The molecule has 1 saturated carbocycles. The average molecular weight is 168 g/mol. The van der Waals surface area contributed by atoms with Gasteiger partial charge in [-0.05, 0) is 26.2 Å². The second-order valence-electron chi connectivity index (χ2n) is 3.36. The number of carbonyl (C=O) groups is 1. The lowest BCUT2D eigenvalue weighted by atomic mass is 10.0. The molecule has 0 aliphatic heterocycles. The van der Waals surface area contributed by atoms with Crippen LogP contribution in [0.15, 0.2) is 12.7 Å². The summed E-state index contributed by atoms with van der Waals surface area (Å²) < 4.78 is 5.46. The highest BCUT2D eigenvalue weighted by molar-refractivity contribution is 5.78. The van der Waals surface area contributed by atoms with Crippen molar-refractivity contribution in [2.75, 3.05) is 6.61 Å². The molecular weight excluding hydrogens is 152 g/mol. The van der Waals surface area contributed by atoms with E-state index in [2.05, 4.69) is 6.58 Å². The van der Waals surface area contributed by atoms with Crippen molar-refractivity contribution in [3.63, 3.8) is 0 Å². The molecule has 2 atom stereocenters. The zero-order chi connectivity index (χ0) is 8.97. The molecule has 1 fully saturated rings. The maximum absolute atomic E-state index is 11.0. The molecule has 0 radical (unpaired) electrons. The fourth-order valence-electron chi connectivity index (χ4n) is 1.66. The van der Waals surface area contributed by atoms with E-state index in [-0.39, 0.29) is 12.0 Å². The van der Waals surface area contributed by atoms with E-state index in [0.29, 0.717) is 12.4 Å². The Labute approximate surface area is 73.6 Å². The van der Waals surface area contributed by atoms with Gasteiger partial charge in [-0.15, -0.1) is 6.58 Å². The zero-order valence-corrected chi connectivity index (χ0v) is 7.58. The molecule has 0 aromatic rings. The van der Waals surface area contributed by atoms with Crippen molar-refractivity contribution in [2.24, 2.45) is 5.92 Å². The summed E-state index contributed by atoms with van der Waals surface area (Å²) in [5.74, 6) is 0.555. The fraction of sp³-hybridized carbons (Fsp3) is 0.700. The Morgan fingerprint density at radius 3 is 2.92 bits per heavy atom. The lowest BCUT2D eigenvalue weighted by Crippen LogP contribution is -2.11. The van der Waals surface area contributed by atoms with Gasteiger partial charge in [0.15, 0.2) is 0 Å². The molecule has 2 nitrogen and oxygen atoms in total. The van der Waals surface area contributed by atoms with E-state index in [0.717, 1.165) is 19.3 Å². The number of Topliss-reactive ketones (excluding diaryl/α,β-unsaturated/α-hetero) is 1. The lowest BCUT2D eigenvalue weighted by molar-refractivity contribution is -0.120. The fourth-order valence-corrected chi connectivity index (χ4v) is 1.66. The first-order valence-electron chi connectivity index (χ1n) is 4.47. The van der Waals surface area contributed by atoms with Crippen LogP contribution in [0.4, 0.5) is 0 Å². The number of hydrogen-bond acceptors (Lipinski definition) is 2. The molecule has 0 bridgehead atoms. The summed E-state index contributed by atoms with van der Waals surface area (Å²) in [5.41, 5.74) is 0. The Bertz CT molecular complexity index is 175. The summed E-state index contributed by atoms with van der Waals surface area (Å²) in [6.45, 7) is 5.86. The Morgan fingerprint density at radius 2 is 2.42 bits per heavy atom.